The van der Waals surface area contributed by atoms with Crippen LogP contribution in [-0.4, -0.2) is 16.1 Å². The lowest BCUT2D eigenvalue weighted by Gasteiger charge is -2.09. The van der Waals surface area contributed by atoms with Gasteiger partial charge in [-0.1, -0.05) is 15.9 Å². The molecule has 1 heterocycles. The first-order valence-corrected chi connectivity index (χ1v) is 5.94. The van der Waals surface area contributed by atoms with Crippen LogP contribution in [-0.2, 0) is 5.33 Å². The van der Waals surface area contributed by atoms with E-state index in [2.05, 4.69) is 20.9 Å². The Labute approximate surface area is 106 Å². The average Bonchev–Trinajstić information content (AvgIpc) is 2.15. The lowest BCUT2D eigenvalue weighted by Crippen LogP contribution is -2.10. The van der Waals surface area contributed by atoms with Gasteiger partial charge in [0.25, 0.3) is 6.43 Å². The quantitative estimate of drug-likeness (QED) is 0.489. The third kappa shape index (κ3) is 2.83. The zero-order valence-corrected chi connectivity index (χ0v) is 10.9. The van der Waals surface area contributed by atoms with Crippen molar-refractivity contribution < 1.29 is 18.7 Å². The van der Waals surface area contributed by atoms with Gasteiger partial charge in [0.1, 0.15) is 9.39 Å². The normalized spacial score (nSPS) is 10.7. The van der Waals surface area contributed by atoms with Crippen molar-refractivity contribution >= 4 is 44.5 Å². The van der Waals surface area contributed by atoms with Crippen molar-refractivity contribution in [1.82, 2.24) is 4.98 Å². The number of alkyl halides is 3. The number of carboxylic acids is 1. The molecule has 0 aliphatic heterocycles. The summed E-state index contributed by atoms with van der Waals surface area (Å²) in [6, 6.07) is 1.46. The van der Waals surface area contributed by atoms with Crippen LogP contribution in [0.4, 0.5) is 8.78 Å². The van der Waals surface area contributed by atoms with Crippen LogP contribution in [0.15, 0.2) is 6.07 Å². The number of aromatic carboxylic acids is 1. The highest BCUT2D eigenvalue weighted by atomic mass is 127. The molecule has 0 amide bonds. The van der Waals surface area contributed by atoms with Crippen molar-refractivity contribution in [3.05, 3.63) is 26.6 Å². The fourth-order valence-electron chi connectivity index (χ4n) is 1.09. The van der Waals surface area contributed by atoms with Gasteiger partial charge in [-0.05, 0) is 34.2 Å². The van der Waals surface area contributed by atoms with Gasteiger partial charge < -0.3 is 5.11 Å². The molecule has 1 rings (SSSR count). The summed E-state index contributed by atoms with van der Waals surface area (Å²) in [6.45, 7) is 0. The molecule has 0 aromatic carbocycles. The number of pyridine rings is 1. The summed E-state index contributed by atoms with van der Waals surface area (Å²) in [6.07, 6.45) is -2.89. The number of hydrogen-bond donors (Lipinski definition) is 1. The van der Waals surface area contributed by atoms with Gasteiger partial charge in [0.05, 0.1) is 5.56 Å². The fourth-order valence-corrected chi connectivity index (χ4v) is 2.17. The van der Waals surface area contributed by atoms with Crippen molar-refractivity contribution in [2.75, 3.05) is 0 Å². The van der Waals surface area contributed by atoms with Gasteiger partial charge in [-0.25, -0.2) is 18.6 Å². The third-order valence-electron chi connectivity index (χ3n) is 1.66. The van der Waals surface area contributed by atoms with Gasteiger partial charge in [0.15, 0.2) is 0 Å². The molecule has 0 spiro atoms. The van der Waals surface area contributed by atoms with Crippen LogP contribution in [0.2, 0.25) is 0 Å². The van der Waals surface area contributed by atoms with Crippen molar-refractivity contribution in [3.63, 3.8) is 0 Å². The molecule has 3 nitrogen and oxygen atoms in total. The summed E-state index contributed by atoms with van der Waals surface area (Å²) in [5.74, 6) is -1.39. The maximum Gasteiger partial charge on any atom is 0.338 e. The van der Waals surface area contributed by atoms with E-state index in [-0.39, 0.29) is 5.33 Å². The van der Waals surface area contributed by atoms with E-state index in [1.54, 1.807) is 22.6 Å². The molecule has 15 heavy (non-hydrogen) atoms. The number of rotatable bonds is 3. The van der Waals surface area contributed by atoms with E-state index in [1.165, 1.54) is 6.07 Å². The molecule has 0 fully saturated rings. The van der Waals surface area contributed by atoms with E-state index in [9.17, 15) is 13.6 Å². The van der Waals surface area contributed by atoms with Crippen molar-refractivity contribution in [2.24, 2.45) is 0 Å². The number of carbonyl (C=O) groups is 1. The molecule has 0 aliphatic rings. The minimum absolute atomic E-state index is 0.201. The van der Waals surface area contributed by atoms with Crippen LogP contribution in [0.25, 0.3) is 0 Å². The lowest BCUT2D eigenvalue weighted by atomic mass is 10.1. The minimum Gasteiger partial charge on any atom is -0.478 e. The number of halogens is 4. The zero-order chi connectivity index (χ0) is 11.6. The van der Waals surface area contributed by atoms with E-state index in [4.69, 9.17) is 5.11 Å². The van der Waals surface area contributed by atoms with E-state index >= 15 is 0 Å². The van der Waals surface area contributed by atoms with Gasteiger partial charge in [0.2, 0.25) is 0 Å². The molecule has 0 saturated carbocycles. The summed E-state index contributed by atoms with van der Waals surface area (Å²) in [5.41, 5.74) is -0.789. The van der Waals surface area contributed by atoms with Gasteiger partial charge in [0, 0.05) is 5.33 Å². The Hall–Kier alpha value is -0.310. The fraction of sp³-hybridized carbons (Fsp3) is 0.250. The van der Waals surface area contributed by atoms with Gasteiger partial charge >= 0.3 is 5.97 Å². The Balaban J connectivity index is 3.47. The zero-order valence-electron chi connectivity index (χ0n) is 7.18. The summed E-state index contributed by atoms with van der Waals surface area (Å²) in [5, 5.41) is 9.02. The monoisotopic (exact) mass is 391 g/mol. The Morgan fingerprint density at radius 1 is 1.67 bits per heavy atom. The molecule has 1 aromatic rings. The highest BCUT2D eigenvalue weighted by Crippen LogP contribution is 2.26. The highest BCUT2D eigenvalue weighted by Gasteiger charge is 2.23. The first-order valence-electron chi connectivity index (χ1n) is 3.74. The Morgan fingerprint density at radius 3 is 2.67 bits per heavy atom. The van der Waals surface area contributed by atoms with Crippen LogP contribution < -0.4 is 0 Å². The SMILES string of the molecule is O=C(O)c1c(CBr)cc(I)nc1C(F)F. The molecule has 0 unspecified atom stereocenters. The van der Waals surface area contributed by atoms with Crippen molar-refractivity contribution in [3.8, 4) is 0 Å². The molecular formula is C8H5BrF2INO2. The molecule has 0 saturated heterocycles. The predicted molar refractivity (Wildman–Crippen MR) is 61.5 cm³/mol. The summed E-state index contributed by atoms with van der Waals surface area (Å²) >= 11 is 4.82. The van der Waals surface area contributed by atoms with Crippen LogP contribution >= 0.6 is 38.5 Å². The van der Waals surface area contributed by atoms with Crippen molar-refractivity contribution in [1.29, 1.82) is 0 Å². The Bertz CT molecular complexity index is 400. The van der Waals surface area contributed by atoms with Crippen molar-refractivity contribution in [2.45, 2.75) is 11.8 Å². The minimum atomic E-state index is -2.89. The smallest absolute Gasteiger partial charge is 0.338 e. The van der Waals surface area contributed by atoms with Gasteiger partial charge in [-0.2, -0.15) is 0 Å². The topological polar surface area (TPSA) is 50.2 Å². The number of carboxylic acid groups (broad SMARTS) is 1. The molecule has 1 N–H and O–H groups in total. The van der Waals surface area contributed by atoms with Gasteiger partial charge in [-0.3, -0.25) is 0 Å². The first-order chi connectivity index (χ1) is 6.97. The molecular weight excluding hydrogens is 387 g/mol. The van der Waals surface area contributed by atoms with Crippen LogP contribution in [0, 0.1) is 3.70 Å². The second-order valence-corrected chi connectivity index (χ2v) is 4.27. The number of aromatic nitrogens is 1. The second-order valence-electron chi connectivity index (χ2n) is 2.60. The lowest BCUT2D eigenvalue weighted by molar-refractivity contribution is 0.0681. The van der Waals surface area contributed by atoms with E-state index in [0.717, 1.165) is 0 Å². The molecule has 0 radical (unpaired) electrons. The Kier molecular flexibility index (Phi) is 4.38. The van der Waals surface area contributed by atoms with E-state index < -0.39 is 23.7 Å². The average molecular weight is 392 g/mol. The largest absolute Gasteiger partial charge is 0.478 e. The van der Waals surface area contributed by atoms with Crippen LogP contribution in [0.5, 0.6) is 0 Å². The maximum absolute atomic E-state index is 12.5. The number of hydrogen-bond acceptors (Lipinski definition) is 2. The van der Waals surface area contributed by atoms with Gasteiger partial charge in [-0.15, -0.1) is 0 Å². The molecule has 0 bridgehead atoms. The van der Waals surface area contributed by atoms with E-state index in [0.29, 0.717) is 9.26 Å². The third-order valence-corrected chi connectivity index (χ3v) is 2.82. The molecule has 0 atom stereocenters. The van der Waals surface area contributed by atoms with Crippen LogP contribution in [0.3, 0.4) is 0 Å². The Morgan fingerprint density at radius 2 is 2.27 bits per heavy atom. The highest BCUT2D eigenvalue weighted by molar-refractivity contribution is 14.1. The summed E-state index contributed by atoms with van der Waals surface area (Å²) in [7, 11) is 0. The molecule has 82 valence electrons. The summed E-state index contributed by atoms with van der Waals surface area (Å²) in [4.78, 5) is 14.4. The van der Waals surface area contributed by atoms with Crippen LogP contribution in [0.1, 0.15) is 28.0 Å². The first kappa shape index (κ1) is 12.8. The maximum atomic E-state index is 12.5. The molecule has 7 heteroatoms. The number of nitrogens with zero attached hydrogens (tertiary/aromatic N) is 1. The predicted octanol–water partition coefficient (Wildman–Crippen LogP) is 3.22. The van der Waals surface area contributed by atoms with E-state index in [1.807, 2.05) is 0 Å². The molecule has 0 aliphatic carbocycles. The summed E-state index contributed by atoms with van der Waals surface area (Å²) < 4.78 is 25.4. The molecule has 1 aromatic heterocycles. The second kappa shape index (κ2) is 5.15. The standard InChI is InChI=1S/C8H5BrF2INO2/c9-2-3-1-4(12)13-6(7(10)11)5(3)8(14)15/h1,7H,2H2,(H,14,15).